The number of rotatable bonds is 7. The van der Waals surface area contributed by atoms with Gasteiger partial charge in [-0.2, -0.15) is 0 Å². The largest absolute Gasteiger partial charge is 0.488 e. The summed E-state index contributed by atoms with van der Waals surface area (Å²) in [7, 11) is 1.64. The first kappa shape index (κ1) is 21.8. The highest BCUT2D eigenvalue weighted by atomic mass is 16.5. The van der Waals surface area contributed by atoms with E-state index in [0.29, 0.717) is 18.9 Å². The zero-order valence-corrected chi connectivity index (χ0v) is 16.8. The maximum absolute atomic E-state index is 12.4. The lowest BCUT2D eigenvalue weighted by molar-refractivity contribution is 0.130. The van der Waals surface area contributed by atoms with E-state index in [1.54, 1.807) is 7.05 Å². The summed E-state index contributed by atoms with van der Waals surface area (Å²) in [6.07, 6.45) is 0.0793. The van der Waals surface area contributed by atoms with Crippen LogP contribution in [-0.4, -0.2) is 52.8 Å². The molecule has 26 heavy (non-hydrogen) atoms. The van der Waals surface area contributed by atoms with Crippen LogP contribution in [0.2, 0.25) is 0 Å². The third-order valence-electron chi connectivity index (χ3n) is 3.80. The summed E-state index contributed by atoms with van der Waals surface area (Å²) in [4.78, 5) is 26.2. The minimum atomic E-state index is -1.22. The number of carboxylic acid groups (broad SMARTS) is 1. The van der Waals surface area contributed by atoms with E-state index >= 15 is 0 Å². The van der Waals surface area contributed by atoms with E-state index in [4.69, 9.17) is 4.74 Å². The Hall–Kier alpha value is -2.24. The van der Waals surface area contributed by atoms with Crippen LogP contribution in [-0.2, 0) is 6.42 Å². The Morgan fingerprint density at radius 2 is 1.69 bits per heavy atom. The fourth-order valence-corrected chi connectivity index (χ4v) is 2.35. The van der Waals surface area contributed by atoms with Gasteiger partial charge in [-0.3, -0.25) is 0 Å². The number of carbonyl (C=O) groups excluding carboxylic acids is 1. The molecule has 6 nitrogen and oxygen atoms in total. The average Bonchev–Trinajstić information content (AvgIpc) is 2.52. The lowest BCUT2D eigenvalue weighted by Crippen LogP contribution is -2.45. The van der Waals surface area contributed by atoms with Gasteiger partial charge in [-0.05, 0) is 57.2 Å². The minimum Gasteiger partial charge on any atom is -0.488 e. The number of nitrogens with zero attached hydrogens (tertiary/aromatic N) is 2. The maximum Gasteiger partial charge on any atom is 0.415 e. The summed E-state index contributed by atoms with van der Waals surface area (Å²) >= 11 is 0. The zero-order chi connectivity index (χ0) is 19.9. The highest BCUT2D eigenvalue weighted by molar-refractivity contribution is 5.89. The number of hydrogen-bond acceptors (Lipinski definition) is 3. The molecule has 1 N–H and O–H groups in total. The molecule has 0 saturated heterocycles. The molecule has 0 aliphatic heterocycles. The summed E-state index contributed by atoms with van der Waals surface area (Å²) in [5, 5.41) is 9.38. The third kappa shape index (κ3) is 7.76. The molecule has 1 aromatic rings. The predicted octanol–water partition coefficient (Wildman–Crippen LogP) is 4.48. The third-order valence-corrected chi connectivity index (χ3v) is 3.80. The molecular weight excluding hydrogens is 332 g/mol. The van der Waals surface area contributed by atoms with Crippen molar-refractivity contribution in [2.24, 2.45) is 5.92 Å². The highest BCUT2D eigenvalue weighted by Gasteiger charge is 2.23. The fraction of sp³-hybridized carbons (Fsp3) is 0.600. The molecule has 0 radical (unpaired) electrons. The van der Waals surface area contributed by atoms with Gasteiger partial charge >= 0.3 is 12.1 Å². The van der Waals surface area contributed by atoms with E-state index in [0.717, 1.165) is 22.6 Å². The minimum absolute atomic E-state index is 0.125. The monoisotopic (exact) mass is 364 g/mol. The van der Waals surface area contributed by atoms with Gasteiger partial charge in [-0.25, -0.2) is 14.5 Å². The van der Waals surface area contributed by atoms with Crippen LogP contribution in [0.25, 0.3) is 0 Å². The first-order chi connectivity index (χ1) is 12.0. The normalized spacial score (nSPS) is 11.3. The van der Waals surface area contributed by atoms with Gasteiger partial charge in [-0.15, -0.1) is 0 Å². The van der Waals surface area contributed by atoms with Crippen molar-refractivity contribution in [3.63, 3.8) is 0 Å². The van der Waals surface area contributed by atoms with Crippen LogP contribution in [0.4, 0.5) is 9.59 Å². The van der Waals surface area contributed by atoms with Crippen molar-refractivity contribution in [2.75, 3.05) is 20.1 Å². The molecule has 0 saturated carbocycles. The molecule has 3 amide bonds. The van der Waals surface area contributed by atoms with Gasteiger partial charge in [0, 0.05) is 20.1 Å². The molecule has 0 aliphatic rings. The Bertz CT molecular complexity index is 591. The van der Waals surface area contributed by atoms with Crippen molar-refractivity contribution < 1.29 is 19.4 Å². The van der Waals surface area contributed by atoms with Gasteiger partial charge < -0.3 is 14.7 Å². The molecule has 0 atom stereocenters. The summed E-state index contributed by atoms with van der Waals surface area (Å²) < 4.78 is 5.77. The van der Waals surface area contributed by atoms with Crippen molar-refractivity contribution >= 4 is 12.1 Å². The van der Waals surface area contributed by atoms with Crippen LogP contribution in [0.1, 0.15) is 46.6 Å². The second-order valence-electron chi connectivity index (χ2n) is 7.93. The zero-order valence-electron chi connectivity index (χ0n) is 16.8. The van der Waals surface area contributed by atoms with Gasteiger partial charge in [0.05, 0.1) is 0 Å². The van der Waals surface area contributed by atoms with E-state index in [9.17, 15) is 14.7 Å². The van der Waals surface area contributed by atoms with Crippen molar-refractivity contribution in [3.05, 3.63) is 29.8 Å². The van der Waals surface area contributed by atoms with Gasteiger partial charge in [0.2, 0.25) is 0 Å². The van der Waals surface area contributed by atoms with Crippen LogP contribution < -0.4 is 4.74 Å². The summed E-state index contributed by atoms with van der Waals surface area (Å²) in [6.45, 7) is 10.7. The highest BCUT2D eigenvalue weighted by Crippen LogP contribution is 2.19. The smallest absolute Gasteiger partial charge is 0.415 e. The molecule has 0 heterocycles. The molecule has 0 aliphatic carbocycles. The molecule has 0 fully saturated rings. The lowest BCUT2D eigenvalue weighted by atomic mass is 10.1. The number of imide groups is 1. The number of ether oxygens (including phenoxy) is 1. The van der Waals surface area contributed by atoms with Gasteiger partial charge in [-0.1, -0.05) is 26.0 Å². The van der Waals surface area contributed by atoms with Crippen LogP contribution in [0.5, 0.6) is 5.75 Å². The van der Waals surface area contributed by atoms with Crippen LogP contribution in [0, 0.1) is 5.92 Å². The molecule has 0 unspecified atom stereocenters. The SMILES string of the molecule is CC(C)CCN(C)C(=O)N(CCc1ccc(OC(C)(C)C)cc1)C(=O)O. The predicted molar refractivity (Wildman–Crippen MR) is 103 cm³/mol. The second-order valence-corrected chi connectivity index (χ2v) is 7.93. The van der Waals surface area contributed by atoms with Crippen molar-refractivity contribution in [1.29, 1.82) is 0 Å². The lowest BCUT2D eigenvalue weighted by Gasteiger charge is -2.25. The van der Waals surface area contributed by atoms with Crippen molar-refractivity contribution in [1.82, 2.24) is 9.80 Å². The van der Waals surface area contributed by atoms with Crippen molar-refractivity contribution in [3.8, 4) is 5.75 Å². The van der Waals surface area contributed by atoms with Gasteiger partial charge in [0.1, 0.15) is 11.4 Å². The Morgan fingerprint density at radius 1 is 1.12 bits per heavy atom. The Labute approximate surface area is 156 Å². The summed E-state index contributed by atoms with van der Waals surface area (Å²) in [5.74, 6) is 1.22. The maximum atomic E-state index is 12.4. The van der Waals surface area contributed by atoms with Crippen LogP contribution >= 0.6 is 0 Å². The van der Waals surface area contributed by atoms with E-state index in [1.807, 2.05) is 45.0 Å². The van der Waals surface area contributed by atoms with Crippen LogP contribution in [0.15, 0.2) is 24.3 Å². The fourth-order valence-electron chi connectivity index (χ4n) is 2.35. The van der Waals surface area contributed by atoms with Gasteiger partial charge in [0.15, 0.2) is 0 Å². The molecular formula is C20H32N2O4. The van der Waals surface area contributed by atoms with E-state index in [1.165, 1.54) is 4.90 Å². The summed E-state index contributed by atoms with van der Waals surface area (Å²) in [5.41, 5.74) is 0.685. The molecule has 1 rings (SSSR count). The Kier molecular flexibility index (Phi) is 7.93. The summed E-state index contributed by atoms with van der Waals surface area (Å²) in [6, 6.07) is 7.04. The number of hydrogen-bond donors (Lipinski definition) is 1. The topological polar surface area (TPSA) is 70.1 Å². The van der Waals surface area contributed by atoms with Crippen LogP contribution in [0.3, 0.4) is 0 Å². The molecule has 0 aromatic heterocycles. The van der Waals surface area contributed by atoms with Crippen molar-refractivity contribution in [2.45, 2.75) is 53.1 Å². The van der Waals surface area contributed by atoms with E-state index in [-0.39, 0.29) is 12.1 Å². The number of benzene rings is 1. The van der Waals surface area contributed by atoms with Gasteiger partial charge in [0.25, 0.3) is 0 Å². The second kappa shape index (κ2) is 9.46. The quantitative estimate of drug-likeness (QED) is 0.774. The molecule has 1 aromatic carbocycles. The van der Waals surface area contributed by atoms with E-state index < -0.39 is 12.1 Å². The Balaban J connectivity index is 2.65. The first-order valence-corrected chi connectivity index (χ1v) is 9.03. The Morgan fingerprint density at radius 3 is 2.15 bits per heavy atom. The number of urea groups is 1. The molecule has 6 heteroatoms. The molecule has 146 valence electrons. The van der Waals surface area contributed by atoms with E-state index in [2.05, 4.69) is 13.8 Å². The number of amides is 3. The standard InChI is InChI=1S/C20H32N2O4/c1-15(2)11-13-21(6)18(23)22(19(24)25)14-12-16-7-9-17(10-8-16)26-20(3,4)5/h7-10,15H,11-14H2,1-6H3,(H,24,25). The average molecular weight is 364 g/mol. The molecule has 0 bridgehead atoms. The molecule has 0 spiro atoms. The first-order valence-electron chi connectivity index (χ1n) is 9.03. The number of carbonyl (C=O) groups is 2.